The summed E-state index contributed by atoms with van der Waals surface area (Å²) in [4.78, 5) is 88.1. The lowest BCUT2D eigenvalue weighted by Crippen LogP contribution is -2.59. The molecular weight excluding hydrogens is 560 g/mol. The number of piperazine rings is 1. The number of unbranched alkanes of at least 4 members (excludes halogenated alkanes) is 2. The number of carbonyl (C=O) groups is 6. The van der Waals surface area contributed by atoms with Crippen LogP contribution in [0.1, 0.15) is 65.2 Å². The van der Waals surface area contributed by atoms with E-state index < -0.39 is 12.1 Å². The highest BCUT2D eigenvalue weighted by Gasteiger charge is 2.62. The summed E-state index contributed by atoms with van der Waals surface area (Å²) in [6, 6.07) is -1.63. The fraction of sp³-hybridized carbons (Fsp3) is 0.706. The summed E-state index contributed by atoms with van der Waals surface area (Å²) in [6.45, 7) is 5.18. The number of hydrogen-bond donors (Lipinski definition) is 0. The number of imide groups is 2. The van der Waals surface area contributed by atoms with Crippen molar-refractivity contribution >= 4 is 35.4 Å². The van der Waals surface area contributed by atoms with Crippen LogP contribution >= 0.6 is 0 Å². The van der Waals surface area contributed by atoms with Crippen LogP contribution in [0.4, 0.5) is 0 Å². The minimum Gasteiger partial charge on any atom is -0.337 e. The Bertz CT molecular complexity index is 1170. The van der Waals surface area contributed by atoms with Gasteiger partial charge in [-0.1, -0.05) is 63.8 Å². The molecule has 0 spiro atoms. The van der Waals surface area contributed by atoms with Gasteiger partial charge in [0.15, 0.2) is 0 Å². The Morgan fingerprint density at radius 1 is 0.591 bits per heavy atom. The van der Waals surface area contributed by atoms with E-state index in [0.717, 1.165) is 38.5 Å². The summed E-state index contributed by atoms with van der Waals surface area (Å²) in [5.74, 6) is -2.28. The molecule has 7 rings (SSSR count). The van der Waals surface area contributed by atoms with Gasteiger partial charge >= 0.3 is 0 Å². The molecule has 3 aliphatic heterocycles. The highest BCUT2D eigenvalue weighted by atomic mass is 16.2. The maximum absolute atomic E-state index is 14.0. The SMILES string of the molecule is CCCC[C@H](C(=O)N1CCN(C(=O)[C@@H](CCCC)N2C(=O)[C@@H]3[C@H](C2=O)[C@H]2C=C[C@H]3C2)CC1)N1C(=O)[C@@H]2[C@H](C1=O)[C@H]1C=C[C@H]2C1. The molecule has 5 fully saturated rings. The Labute approximate surface area is 258 Å². The molecule has 3 heterocycles. The minimum atomic E-state index is -0.817. The smallest absolute Gasteiger partial charge is 0.245 e. The molecule has 0 radical (unpaired) electrons. The van der Waals surface area contributed by atoms with Gasteiger partial charge in [-0.2, -0.15) is 0 Å². The second kappa shape index (κ2) is 11.2. The average molecular weight is 605 g/mol. The first-order chi connectivity index (χ1) is 21.3. The van der Waals surface area contributed by atoms with Crippen LogP contribution in [0.25, 0.3) is 0 Å². The zero-order valence-corrected chi connectivity index (χ0v) is 25.8. The molecule has 0 aromatic carbocycles. The van der Waals surface area contributed by atoms with E-state index in [4.69, 9.17) is 0 Å². The third-order valence-corrected chi connectivity index (χ3v) is 11.8. The molecule has 10 heteroatoms. The monoisotopic (exact) mass is 604 g/mol. The van der Waals surface area contributed by atoms with Crippen LogP contribution in [0.3, 0.4) is 0 Å². The molecule has 6 amide bonds. The van der Waals surface area contributed by atoms with Crippen LogP contribution in [0.15, 0.2) is 24.3 Å². The first-order valence-electron chi connectivity index (χ1n) is 16.9. The second-order valence-corrected chi connectivity index (χ2v) is 14.1. The topological polar surface area (TPSA) is 115 Å². The lowest BCUT2D eigenvalue weighted by atomic mass is 9.85. The highest BCUT2D eigenvalue weighted by molar-refractivity contribution is 6.10. The molecule has 4 aliphatic carbocycles. The Kier molecular flexibility index (Phi) is 7.52. The predicted octanol–water partition coefficient (Wildman–Crippen LogP) is 2.39. The number of hydrogen-bond acceptors (Lipinski definition) is 6. The fourth-order valence-corrected chi connectivity index (χ4v) is 9.55. The molecule has 0 aromatic rings. The number of fused-ring (bicyclic) bond motifs is 10. The van der Waals surface area contributed by atoms with Gasteiger partial charge in [-0.05, 0) is 49.4 Å². The van der Waals surface area contributed by atoms with Gasteiger partial charge in [-0.15, -0.1) is 0 Å². The van der Waals surface area contributed by atoms with Gasteiger partial charge < -0.3 is 9.80 Å². The van der Waals surface area contributed by atoms with Crippen LogP contribution in [0.2, 0.25) is 0 Å². The standard InChI is InChI=1S/C34H44N4O6/c1-3-5-7-23(37-31(41)25-19-9-10-20(17-19)26(25)32(37)42)29(39)35-13-15-36(16-14-35)30(40)24(8-6-4-2)38-33(43)27-21-11-12-22(18-21)28(27)34(38)44/h9-12,19-28H,3-8,13-18H2,1-2H3/t19-,20-,21-,22-,23+,24+,25-,26+,27-,28+/m0/s1. The maximum atomic E-state index is 14.0. The first kappa shape index (κ1) is 29.4. The summed E-state index contributed by atoms with van der Waals surface area (Å²) in [5, 5.41) is 0. The van der Waals surface area contributed by atoms with Crippen molar-refractivity contribution in [2.75, 3.05) is 26.2 Å². The first-order valence-corrected chi connectivity index (χ1v) is 16.9. The Morgan fingerprint density at radius 2 is 0.886 bits per heavy atom. The molecule has 236 valence electrons. The van der Waals surface area contributed by atoms with Crippen LogP contribution in [0.5, 0.6) is 0 Å². The van der Waals surface area contributed by atoms with Crippen LogP contribution in [0, 0.1) is 47.3 Å². The van der Waals surface area contributed by atoms with Crippen molar-refractivity contribution in [3.05, 3.63) is 24.3 Å². The molecule has 4 bridgehead atoms. The van der Waals surface area contributed by atoms with E-state index in [1.807, 2.05) is 13.8 Å². The Hall–Kier alpha value is -3.30. The molecule has 3 saturated heterocycles. The molecule has 0 N–H and O–H groups in total. The van der Waals surface area contributed by atoms with Gasteiger partial charge in [0.05, 0.1) is 23.7 Å². The van der Waals surface area contributed by atoms with E-state index in [1.54, 1.807) is 9.80 Å². The van der Waals surface area contributed by atoms with Crippen molar-refractivity contribution in [3.8, 4) is 0 Å². The summed E-state index contributed by atoms with van der Waals surface area (Å²) < 4.78 is 0. The second-order valence-electron chi connectivity index (χ2n) is 14.1. The van der Waals surface area contributed by atoms with E-state index in [0.29, 0.717) is 12.8 Å². The van der Waals surface area contributed by atoms with Gasteiger partial charge in [-0.3, -0.25) is 38.6 Å². The predicted molar refractivity (Wildman–Crippen MR) is 159 cm³/mol. The highest BCUT2D eigenvalue weighted by Crippen LogP contribution is 2.54. The van der Waals surface area contributed by atoms with E-state index in [-0.39, 0.29) is 109 Å². The third-order valence-electron chi connectivity index (χ3n) is 11.8. The van der Waals surface area contributed by atoms with Gasteiger partial charge in [0, 0.05) is 26.2 Å². The fourth-order valence-electron chi connectivity index (χ4n) is 9.55. The molecule has 0 aromatic heterocycles. The zero-order chi connectivity index (χ0) is 30.9. The molecule has 10 nitrogen and oxygen atoms in total. The van der Waals surface area contributed by atoms with E-state index in [9.17, 15) is 28.8 Å². The number of allylic oxidation sites excluding steroid dienone is 4. The number of nitrogens with zero attached hydrogens (tertiary/aromatic N) is 4. The summed E-state index contributed by atoms with van der Waals surface area (Å²) in [5.41, 5.74) is 0. The van der Waals surface area contributed by atoms with Crippen LogP contribution in [-0.2, 0) is 28.8 Å². The van der Waals surface area contributed by atoms with Crippen molar-refractivity contribution < 1.29 is 28.8 Å². The largest absolute Gasteiger partial charge is 0.337 e. The van der Waals surface area contributed by atoms with Gasteiger partial charge in [0.2, 0.25) is 35.4 Å². The summed E-state index contributed by atoms with van der Waals surface area (Å²) in [6.07, 6.45) is 13.9. The van der Waals surface area contributed by atoms with Crippen LogP contribution < -0.4 is 0 Å². The molecule has 7 aliphatic rings. The quantitative estimate of drug-likeness (QED) is 0.279. The van der Waals surface area contributed by atoms with Gasteiger partial charge in [-0.25, -0.2) is 0 Å². The molecule has 0 unspecified atom stereocenters. The lowest BCUT2D eigenvalue weighted by Gasteiger charge is -2.40. The summed E-state index contributed by atoms with van der Waals surface area (Å²) >= 11 is 0. The van der Waals surface area contributed by atoms with Crippen LogP contribution in [-0.4, -0.2) is 93.3 Å². The summed E-state index contributed by atoms with van der Waals surface area (Å²) in [7, 11) is 0. The number of rotatable bonds is 10. The normalized spacial score (nSPS) is 36.2. The van der Waals surface area contributed by atoms with E-state index in [2.05, 4.69) is 24.3 Å². The average Bonchev–Trinajstić information content (AvgIpc) is 3.88. The van der Waals surface area contributed by atoms with Crippen molar-refractivity contribution in [1.29, 1.82) is 0 Å². The van der Waals surface area contributed by atoms with Crippen molar-refractivity contribution in [2.24, 2.45) is 47.3 Å². The molecule has 2 saturated carbocycles. The van der Waals surface area contributed by atoms with Gasteiger partial charge in [0.1, 0.15) is 12.1 Å². The lowest BCUT2D eigenvalue weighted by molar-refractivity contribution is -0.156. The molecule has 10 atom stereocenters. The number of carbonyl (C=O) groups excluding carboxylic acids is 6. The maximum Gasteiger partial charge on any atom is 0.245 e. The molecule has 44 heavy (non-hydrogen) atoms. The number of amides is 6. The van der Waals surface area contributed by atoms with E-state index >= 15 is 0 Å². The molecular formula is C34H44N4O6. The minimum absolute atomic E-state index is 0.0870. The van der Waals surface area contributed by atoms with Crippen molar-refractivity contribution in [3.63, 3.8) is 0 Å². The van der Waals surface area contributed by atoms with Gasteiger partial charge in [0.25, 0.3) is 0 Å². The van der Waals surface area contributed by atoms with Crippen molar-refractivity contribution in [2.45, 2.75) is 77.3 Å². The number of likely N-dealkylation sites (tertiary alicyclic amines) is 2. The van der Waals surface area contributed by atoms with Crippen molar-refractivity contribution in [1.82, 2.24) is 19.6 Å². The van der Waals surface area contributed by atoms with E-state index in [1.165, 1.54) is 9.80 Å². The Balaban J connectivity index is 1.03. The Morgan fingerprint density at radius 3 is 1.16 bits per heavy atom. The zero-order valence-electron chi connectivity index (χ0n) is 25.8. The third kappa shape index (κ3) is 4.33.